The number of likely N-dealkylation sites (N-methyl/N-ethyl adjacent to an activating group) is 1. The first-order chi connectivity index (χ1) is 10.7. The van der Waals surface area contributed by atoms with Gasteiger partial charge in [-0.05, 0) is 18.1 Å². The molecule has 1 aliphatic rings. The molecule has 114 valence electrons. The summed E-state index contributed by atoms with van der Waals surface area (Å²) in [5, 5.41) is 3.31. The van der Waals surface area contributed by atoms with Crippen molar-refractivity contribution in [1.29, 1.82) is 0 Å². The minimum atomic E-state index is 0.0501. The Hall–Kier alpha value is -2.49. The molecule has 0 bridgehead atoms. The minimum Gasteiger partial charge on any atom is -0.356 e. The summed E-state index contributed by atoms with van der Waals surface area (Å²) in [7, 11) is 1.99. The number of nitrogens with one attached hydrogen (secondary N) is 1. The number of H-pyrrole nitrogens is 1. The Morgan fingerprint density at radius 1 is 1.23 bits per heavy atom. The molecule has 0 amide bonds. The summed E-state index contributed by atoms with van der Waals surface area (Å²) >= 11 is 0. The summed E-state index contributed by atoms with van der Waals surface area (Å²) in [4.78, 5) is 14.9. The molecule has 22 heavy (non-hydrogen) atoms. The summed E-state index contributed by atoms with van der Waals surface area (Å²) in [5.74, 6) is 0.882. The van der Waals surface area contributed by atoms with Crippen molar-refractivity contribution >= 4 is 5.82 Å². The van der Waals surface area contributed by atoms with Crippen LogP contribution in [0.1, 0.15) is 18.9 Å². The van der Waals surface area contributed by atoms with Crippen molar-refractivity contribution < 1.29 is 0 Å². The Kier molecular flexibility index (Phi) is 4.00. The molecule has 0 saturated carbocycles. The third-order valence-corrected chi connectivity index (χ3v) is 3.93. The number of allylic oxidation sites excluding steroid dienone is 2. The number of nitrogens with zero attached hydrogens (tertiary/aromatic N) is 2. The van der Waals surface area contributed by atoms with E-state index in [2.05, 4.69) is 23.0 Å². The van der Waals surface area contributed by atoms with E-state index in [1.807, 2.05) is 49.5 Å². The molecule has 2 heterocycles. The summed E-state index contributed by atoms with van der Waals surface area (Å²) in [6, 6.07) is 10.0. The van der Waals surface area contributed by atoms with Crippen molar-refractivity contribution in [3.63, 3.8) is 0 Å². The maximum atomic E-state index is 12.8. The molecule has 0 atom stereocenters. The minimum absolute atomic E-state index is 0.0501. The maximum Gasteiger partial charge on any atom is 0.276 e. The van der Waals surface area contributed by atoms with Gasteiger partial charge in [0.25, 0.3) is 5.56 Å². The van der Waals surface area contributed by atoms with E-state index in [-0.39, 0.29) is 5.56 Å². The van der Waals surface area contributed by atoms with Crippen molar-refractivity contribution in [3.8, 4) is 11.3 Å². The van der Waals surface area contributed by atoms with Crippen molar-refractivity contribution in [2.75, 3.05) is 13.6 Å². The summed E-state index contributed by atoms with van der Waals surface area (Å²) in [5.41, 5.74) is 2.89. The van der Waals surface area contributed by atoms with Gasteiger partial charge in [-0.2, -0.15) is 0 Å². The highest BCUT2D eigenvalue weighted by atomic mass is 16.1. The molecule has 1 aromatic carbocycles. The normalized spacial score (nSPS) is 14.3. The van der Waals surface area contributed by atoms with Gasteiger partial charge < -0.3 is 4.90 Å². The average molecular weight is 295 g/mol. The Bertz CT molecular complexity index is 765. The zero-order valence-corrected chi connectivity index (χ0v) is 13.0. The molecule has 4 heteroatoms. The molecule has 0 saturated heterocycles. The van der Waals surface area contributed by atoms with Crippen LogP contribution in [-0.4, -0.2) is 28.3 Å². The van der Waals surface area contributed by atoms with E-state index in [4.69, 9.17) is 0 Å². The smallest absolute Gasteiger partial charge is 0.276 e. The van der Waals surface area contributed by atoms with Crippen LogP contribution in [0, 0.1) is 0 Å². The third kappa shape index (κ3) is 2.52. The highest BCUT2D eigenvalue weighted by Gasteiger charge is 2.19. The second kappa shape index (κ2) is 6.10. The van der Waals surface area contributed by atoms with Crippen LogP contribution in [0.25, 0.3) is 17.1 Å². The van der Waals surface area contributed by atoms with E-state index in [1.54, 1.807) is 4.68 Å². The van der Waals surface area contributed by atoms with Crippen LogP contribution in [0.4, 0.5) is 0 Å². The van der Waals surface area contributed by atoms with Crippen molar-refractivity contribution in [1.82, 2.24) is 14.7 Å². The molecule has 0 spiro atoms. The van der Waals surface area contributed by atoms with Crippen molar-refractivity contribution in [2.24, 2.45) is 0 Å². The lowest BCUT2D eigenvalue weighted by molar-refractivity contribution is 0.487. The number of aromatic amines is 1. The Labute approximate surface area is 130 Å². The molecule has 3 rings (SSSR count). The zero-order valence-electron chi connectivity index (χ0n) is 13.0. The molecule has 2 aromatic rings. The average Bonchev–Trinajstić information content (AvgIpc) is 2.86. The van der Waals surface area contributed by atoms with E-state index in [1.165, 1.54) is 0 Å². The van der Waals surface area contributed by atoms with Gasteiger partial charge in [0.2, 0.25) is 0 Å². The van der Waals surface area contributed by atoms with E-state index in [9.17, 15) is 4.79 Å². The fourth-order valence-corrected chi connectivity index (χ4v) is 2.80. The molecule has 4 nitrogen and oxygen atoms in total. The zero-order chi connectivity index (χ0) is 15.5. The fourth-order valence-electron chi connectivity index (χ4n) is 2.80. The standard InChI is InChI=1S/C18H21N3O/c1-3-9-15-17(14-10-5-4-6-11-14)19-21(18(15)22)16-12-7-8-13-20(16)2/h4-8,10-12,19H,3,9,13H2,1-2H3. The van der Waals surface area contributed by atoms with Gasteiger partial charge in [0, 0.05) is 19.2 Å². The Balaban J connectivity index is 2.16. The summed E-state index contributed by atoms with van der Waals surface area (Å²) in [6.07, 6.45) is 7.75. The van der Waals surface area contributed by atoms with E-state index in [0.29, 0.717) is 0 Å². The molecule has 0 radical (unpaired) electrons. The number of aromatic nitrogens is 2. The second-order valence-electron chi connectivity index (χ2n) is 5.56. The number of rotatable bonds is 4. The number of hydrogen-bond acceptors (Lipinski definition) is 2. The van der Waals surface area contributed by atoms with Crippen LogP contribution in [0.3, 0.4) is 0 Å². The third-order valence-electron chi connectivity index (χ3n) is 3.93. The first kappa shape index (κ1) is 14.4. The molecule has 0 fully saturated rings. The van der Waals surface area contributed by atoms with Gasteiger partial charge >= 0.3 is 0 Å². The van der Waals surface area contributed by atoms with Crippen LogP contribution in [0.15, 0.2) is 53.4 Å². The summed E-state index contributed by atoms with van der Waals surface area (Å²) in [6.45, 7) is 2.90. The second-order valence-corrected chi connectivity index (χ2v) is 5.56. The molecule has 1 aliphatic heterocycles. The van der Waals surface area contributed by atoms with E-state index < -0.39 is 0 Å². The Morgan fingerprint density at radius 2 is 2.00 bits per heavy atom. The molecule has 0 unspecified atom stereocenters. The Morgan fingerprint density at radius 3 is 2.68 bits per heavy atom. The van der Waals surface area contributed by atoms with Gasteiger partial charge in [0.05, 0.1) is 5.69 Å². The topological polar surface area (TPSA) is 41.0 Å². The van der Waals surface area contributed by atoms with Gasteiger partial charge in [-0.15, -0.1) is 0 Å². The number of hydrogen-bond donors (Lipinski definition) is 1. The maximum absolute atomic E-state index is 12.8. The van der Waals surface area contributed by atoms with Gasteiger partial charge in [-0.1, -0.05) is 55.8 Å². The van der Waals surface area contributed by atoms with Crippen LogP contribution < -0.4 is 5.56 Å². The van der Waals surface area contributed by atoms with Crippen molar-refractivity contribution in [3.05, 3.63) is 64.5 Å². The van der Waals surface area contributed by atoms with Crippen LogP contribution in [-0.2, 0) is 6.42 Å². The molecule has 1 aromatic heterocycles. The predicted molar refractivity (Wildman–Crippen MR) is 90.5 cm³/mol. The lowest BCUT2D eigenvalue weighted by Gasteiger charge is -2.23. The van der Waals surface area contributed by atoms with Gasteiger partial charge in [0.15, 0.2) is 0 Å². The first-order valence-electron chi connectivity index (χ1n) is 7.70. The van der Waals surface area contributed by atoms with Crippen LogP contribution in [0.5, 0.6) is 0 Å². The van der Waals surface area contributed by atoms with E-state index >= 15 is 0 Å². The molecular weight excluding hydrogens is 274 g/mol. The fraction of sp³-hybridized carbons (Fsp3) is 0.278. The predicted octanol–water partition coefficient (Wildman–Crippen LogP) is 3.10. The SMILES string of the molecule is CCCc1c(-c2ccccc2)[nH]n(C2=CC=CCN2C)c1=O. The van der Waals surface area contributed by atoms with Crippen molar-refractivity contribution in [2.45, 2.75) is 19.8 Å². The number of benzene rings is 1. The van der Waals surface area contributed by atoms with E-state index in [0.717, 1.165) is 42.0 Å². The first-order valence-corrected chi connectivity index (χ1v) is 7.70. The monoisotopic (exact) mass is 295 g/mol. The van der Waals surface area contributed by atoms with Gasteiger partial charge in [0.1, 0.15) is 5.82 Å². The molecule has 0 aliphatic carbocycles. The quantitative estimate of drug-likeness (QED) is 0.941. The van der Waals surface area contributed by atoms with Crippen LogP contribution in [0.2, 0.25) is 0 Å². The molecular formula is C18H21N3O. The highest BCUT2D eigenvalue weighted by Crippen LogP contribution is 2.22. The largest absolute Gasteiger partial charge is 0.356 e. The van der Waals surface area contributed by atoms with Crippen LogP contribution >= 0.6 is 0 Å². The molecule has 1 N–H and O–H groups in total. The summed E-state index contributed by atoms with van der Waals surface area (Å²) < 4.78 is 1.66. The lowest BCUT2D eigenvalue weighted by atomic mass is 10.1. The van der Waals surface area contributed by atoms with Gasteiger partial charge in [-0.25, -0.2) is 4.68 Å². The highest BCUT2D eigenvalue weighted by molar-refractivity contribution is 5.64. The lowest BCUT2D eigenvalue weighted by Crippen LogP contribution is -2.29. The van der Waals surface area contributed by atoms with Gasteiger partial charge in [-0.3, -0.25) is 9.89 Å².